The number of imidazole rings is 1. The lowest BCUT2D eigenvalue weighted by molar-refractivity contribution is -0.135. The molecule has 3 heterocycles. The maximum atomic E-state index is 12.8. The van der Waals surface area contributed by atoms with Crippen molar-refractivity contribution in [2.45, 2.75) is 25.4 Å². The van der Waals surface area contributed by atoms with E-state index in [-0.39, 0.29) is 18.0 Å². The number of carbonyl (C=O) groups excluding carboxylic acids is 2. The fourth-order valence-electron chi connectivity index (χ4n) is 3.65. The normalized spacial score (nSPS) is 17.1. The number of aryl methyl sites for hydroxylation is 1. The van der Waals surface area contributed by atoms with Gasteiger partial charge >= 0.3 is 5.69 Å². The Hall–Kier alpha value is -3.26. The molecule has 1 aromatic carbocycles. The van der Waals surface area contributed by atoms with Crippen LogP contribution in [0.3, 0.4) is 0 Å². The topological polar surface area (TPSA) is 98.0 Å². The minimum atomic E-state index is -0.678. The monoisotopic (exact) mass is 379 g/mol. The van der Waals surface area contributed by atoms with Crippen LogP contribution < -0.4 is 16.3 Å². The van der Waals surface area contributed by atoms with E-state index in [1.807, 2.05) is 43.6 Å². The molecule has 1 aliphatic rings. The van der Waals surface area contributed by atoms with Gasteiger partial charge < -0.3 is 5.32 Å². The van der Waals surface area contributed by atoms with E-state index < -0.39 is 11.9 Å². The summed E-state index contributed by atoms with van der Waals surface area (Å²) >= 11 is 0. The predicted octanol–water partition coefficient (Wildman–Crippen LogP) is 1.10. The molecule has 0 saturated carbocycles. The average Bonchev–Trinajstić information content (AvgIpc) is 2.93. The van der Waals surface area contributed by atoms with Crippen LogP contribution in [0.4, 0.5) is 0 Å². The predicted molar refractivity (Wildman–Crippen MR) is 105 cm³/mol. The lowest BCUT2D eigenvalue weighted by Gasteiger charge is -2.21. The Balaban J connectivity index is 1.77. The summed E-state index contributed by atoms with van der Waals surface area (Å²) in [6.07, 6.45) is 2.35. The molecular weight excluding hydrogens is 358 g/mol. The van der Waals surface area contributed by atoms with Crippen LogP contribution in [0, 0.1) is 0 Å². The van der Waals surface area contributed by atoms with E-state index >= 15 is 0 Å². The van der Waals surface area contributed by atoms with Crippen LogP contribution in [0.15, 0.2) is 41.3 Å². The van der Waals surface area contributed by atoms with E-state index in [0.717, 1.165) is 22.3 Å². The van der Waals surface area contributed by atoms with Gasteiger partial charge in [0, 0.05) is 31.8 Å². The Morgan fingerprint density at radius 2 is 1.93 bits per heavy atom. The minimum Gasteiger partial charge on any atom is -0.314 e. The molecule has 2 aromatic heterocycles. The summed E-state index contributed by atoms with van der Waals surface area (Å²) in [7, 11) is 3.56. The SMILES string of the molecule is CNCc1ccc(-c2ccc3c(c2)n(C)c(=O)n3C2CCC(=O)NC2=O)cn1. The van der Waals surface area contributed by atoms with Crippen molar-refractivity contribution in [3.8, 4) is 11.1 Å². The number of fused-ring (bicyclic) bond motifs is 1. The second-order valence-corrected chi connectivity index (χ2v) is 6.95. The van der Waals surface area contributed by atoms with Crippen LogP contribution >= 0.6 is 0 Å². The quantitative estimate of drug-likeness (QED) is 0.662. The Bertz CT molecular complexity index is 1130. The highest BCUT2D eigenvalue weighted by Gasteiger charge is 2.31. The Morgan fingerprint density at radius 3 is 2.61 bits per heavy atom. The first kappa shape index (κ1) is 18.1. The van der Waals surface area contributed by atoms with E-state index in [1.165, 1.54) is 9.13 Å². The van der Waals surface area contributed by atoms with Gasteiger partial charge in [-0.05, 0) is 37.2 Å². The Kier molecular flexibility index (Phi) is 4.56. The number of imide groups is 1. The third-order valence-corrected chi connectivity index (χ3v) is 5.13. The number of rotatable bonds is 4. The second kappa shape index (κ2) is 7.05. The van der Waals surface area contributed by atoms with Gasteiger partial charge in [0.2, 0.25) is 11.8 Å². The Morgan fingerprint density at radius 1 is 1.14 bits per heavy atom. The fourth-order valence-corrected chi connectivity index (χ4v) is 3.65. The van der Waals surface area contributed by atoms with Crippen LogP contribution in [0.1, 0.15) is 24.6 Å². The molecule has 4 rings (SSSR count). The van der Waals surface area contributed by atoms with Gasteiger partial charge in [0.05, 0.1) is 16.7 Å². The van der Waals surface area contributed by atoms with Crippen molar-refractivity contribution in [1.82, 2.24) is 24.8 Å². The first-order valence-electron chi connectivity index (χ1n) is 9.14. The molecule has 0 bridgehead atoms. The summed E-state index contributed by atoms with van der Waals surface area (Å²) in [6, 6.07) is 8.96. The number of amides is 2. The largest absolute Gasteiger partial charge is 0.329 e. The van der Waals surface area contributed by atoms with Gasteiger partial charge in [-0.3, -0.25) is 29.0 Å². The summed E-state index contributed by atoms with van der Waals surface area (Å²) in [4.78, 5) is 41.0. The van der Waals surface area contributed by atoms with E-state index in [0.29, 0.717) is 18.5 Å². The smallest absolute Gasteiger partial charge is 0.314 e. The molecule has 8 nitrogen and oxygen atoms in total. The molecule has 0 spiro atoms. The van der Waals surface area contributed by atoms with Gasteiger partial charge in [-0.1, -0.05) is 12.1 Å². The summed E-state index contributed by atoms with van der Waals surface area (Å²) in [5.41, 5.74) is 3.96. The molecule has 1 saturated heterocycles. The number of hydrogen-bond acceptors (Lipinski definition) is 5. The van der Waals surface area contributed by atoms with Crippen LogP contribution in [-0.4, -0.2) is 33.0 Å². The highest BCUT2D eigenvalue weighted by atomic mass is 16.2. The number of benzene rings is 1. The second-order valence-electron chi connectivity index (χ2n) is 6.95. The first-order valence-corrected chi connectivity index (χ1v) is 9.14. The summed E-state index contributed by atoms with van der Waals surface area (Å²) < 4.78 is 3.01. The molecule has 1 unspecified atom stereocenters. The lowest BCUT2D eigenvalue weighted by atomic mass is 10.0. The van der Waals surface area contributed by atoms with Gasteiger partial charge in [0.25, 0.3) is 0 Å². The molecule has 0 aliphatic carbocycles. The molecule has 3 aromatic rings. The summed E-state index contributed by atoms with van der Waals surface area (Å²) in [6.45, 7) is 0.697. The van der Waals surface area contributed by atoms with Crippen molar-refractivity contribution < 1.29 is 9.59 Å². The van der Waals surface area contributed by atoms with Crippen molar-refractivity contribution in [2.75, 3.05) is 7.05 Å². The Labute approximate surface area is 161 Å². The van der Waals surface area contributed by atoms with E-state index in [1.54, 1.807) is 7.05 Å². The van der Waals surface area contributed by atoms with Gasteiger partial charge in [-0.2, -0.15) is 0 Å². The van der Waals surface area contributed by atoms with Crippen LogP contribution in [-0.2, 0) is 23.2 Å². The highest BCUT2D eigenvalue weighted by molar-refractivity contribution is 6.00. The number of carbonyl (C=O) groups is 2. The maximum Gasteiger partial charge on any atom is 0.329 e. The van der Waals surface area contributed by atoms with E-state index in [2.05, 4.69) is 15.6 Å². The van der Waals surface area contributed by atoms with Gasteiger partial charge in [-0.15, -0.1) is 0 Å². The van der Waals surface area contributed by atoms with Crippen molar-refractivity contribution >= 4 is 22.8 Å². The zero-order chi connectivity index (χ0) is 19.8. The number of piperidine rings is 1. The van der Waals surface area contributed by atoms with Crippen LogP contribution in [0.2, 0.25) is 0 Å². The maximum absolute atomic E-state index is 12.8. The van der Waals surface area contributed by atoms with Crippen LogP contribution in [0.25, 0.3) is 22.2 Å². The average molecular weight is 379 g/mol. The third kappa shape index (κ3) is 3.01. The minimum absolute atomic E-state index is 0.224. The standard InChI is InChI=1S/C20H21N5O3/c1-21-11-14-5-3-13(10-22-14)12-4-6-15-17(9-12)24(2)20(28)25(15)16-7-8-18(26)23-19(16)27/h3-6,9-10,16,21H,7-8,11H2,1-2H3,(H,23,26,27). The molecule has 2 N–H and O–H groups in total. The van der Waals surface area contributed by atoms with Crippen molar-refractivity contribution in [3.63, 3.8) is 0 Å². The molecule has 144 valence electrons. The number of pyridine rings is 1. The molecule has 1 atom stereocenters. The number of nitrogens with one attached hydrogen (secondary N) is 2. The van der Waals surface area contributed by atoms with Gasteiger partial charge in [0.15, 0.2) is 0 Å². The number of nitrogens with zero attached hydrogens (tertiary/aromatic N) is 3. The zero-order valence-corrected chi connectivity index (χ0v) is 15.7. The molecule has 2 amide bonds. The molecule has 28 heavy (non-hydrogen) atoms. The molecule has 0 radical (unpaired) electrons. The zero-order valence-electron chi connectivity index (χ0n) is 15.7. The lowest BCUT2D eigenvalue weighted by Crippen LogP contribution is -2.44. The summed E-state index contributed by atoms with van der Waals surface area (Å²) in [5.74, 6) is -0.731. The van der Waals surface area contributed by atoms with Crippen molar-refractivity contribution in [3.05, 3.63) is 52.7 Å². The third-order valence-electron chi connectivity index (χ3n) is 5.13. The van der Waals surface area contributed by atoms with Crippen molar-refractivity contribution in [2.24, 2.45) is 7.05 Å². The van der Waals surface area contributed by atoms with Gasteiger partial charge in [0.1, 0.15) is 6.04 Å². The molecule has 1 aliphatic heterocycles. The van der Waals surface area contributed by atoms with Crippen molar-refractivity contribution in [1.29, 1.82) is 0 Å². The first-order chi connectivity index (χ1) is 13.5. The van der Waals surface area contributed by atoms with E-state index in [9.17, 15) is 14.4 Å². The van der Waals surface area contributed by atoms with Gasteiger partial charge in [-0.25, -0.2) is 4.79 Å². The fraction of sp³-hybridized carbons (Fsp3) is 0.300. The molecule has 8 heteroatoms. The summed E-state index contributed by atoms with van der Waals surface area (Å²) in [5, 5.41) is 5.39. The number of aromatic nitrogens is 3. The molecular formula is C20H21N5O3. The highest BCUT2D eigenvalue weighted by Crippen LogP contribution is 2.27. The van der Waals surface area contributed by atoms with Crippen LogP contribution in [0.5, 0.6) is 0 Å². The molecule has 1 fully saturated rings. The number of hydrogen-bond donors (Lipinski definition) is 2. The van der Waals surface area contributed by atoms with E-state index in [4.69, 9.17) is 0 Å².